The maximum absolute atomic E-state index is 13.5. The molecule has 2 aromatic rings. The number of halogens is 2. The average Bonchev–Trinajstić information content (AvgIpc) is 2.47. The molecule has 0 spiro atoms. The number of hydrogen-bond acceptors (Lipinski definition) is 2. The van der Waals surface area contributed by atoms with Gasteiger partial charge >= 0.3 is 0 Å². The topological polar surface area (TPSA) is 38.3 Å². The van der Waals surface area contributed by atoms with E-state index in [1.807, 2.05) is 6.92 Å². The van der Waals surface area contributed by atoms with E-state index in [-0.39, 0.29) is 5.69 Å². The first-order valence-corrected chi connectivity index (χ1v) is 6.95. The van der Waals surface area contributed by atoms with Crippen LogP contribution in [0.25, 0.3) is 0 Å². The number of carbonyl (C=O) groups excluding carboxylic acids is 1. The van der Waals surface area contributed by atoms with Gasteiger partial charge in [-0.15, -0.1) is 0 Å². The van der Waals surface area contributed by atoms with Gasteiger partial charge in [0.1, 0.15) is 11.6 Å². The molecule has 1 atom stereocenters. The summed E-state index contributed by atoms with van der Waals surface area (Å²) in [5, 5.41) is 3.05. The molecule has 0 unspecified atom stereocenters. The Balaban J connectivity index is 2.07. The highest BCUT2D eigenvalue weighted by Crippen LogP contribution is 2.20. The number of carbonyl (C=O) groups is 1. The van der Waals surface area contributed by atoms with E-state index in [1.54, 1.807) is 36.4 Å². The maximum atomic E-state index is 13.5. The van der Waals surface area contributed by atoms with Crippen molar-refractivity contribution in [1.82, 2.24) is 0 Å². The summed E-state index contributed by atoms with van der Waals surface area (Å²) in [5.41, 5.74) is 0.135. The molecule has 0 saturated heterocycles. The molecule has 1 amide bonds. The summed E-state index contributed by atoms with van der Waals surface area (Å²) in [7, 11) is 0. The fraction of sp³-hybridized carbons (Fsp3) is 0.188. The molecule has 0 fully saturated rings. The Morgan fingerprint density at radius 2 is 2.05 bits per heavy atom. The van der Waals surface area contributed by atoms with Crippen molar-refractivity contribution in [2.45, 2.75) is 19.4 Å². The first-order valence-electron chi connectivity index (χ1n) is 6.57. The molecule has 2 rings (SSSR count). The third kappa shape index (κ3) is 4.20. The molecule has 0 bridgehead atoms. The van der Waals surface area contributed by atoms with Crippen LogP contribution in [-0.2, 0) is 4.79 Å². The van der Waals surface area contributed by atoms with Crippen LogP contribution in [0.3, 0.4) is 0 Å². The van der Waals surface area contributed by atoms with Gasteiger partial charge in [-0.3, -0.25) is 4.79 Å². The zero-order chi connectivity index (χ0) is 15.2. The third-order valence-corrected chi connectivity index (χ3v) is 3.10. The summed E-state index contributed by atoms with van der Waals surface area (Å²) >= 11 is 5.87. The van der Waals surface area contributed by atoms with Crippen molar-refractivity contribution in [3.8, 4) is 5.75 Å². The van der Waals surface area contributed by atoms with Crippen molar-refractivity contribution in [3.63, 3.8) is 0 Å². The quantitative estimate of drug-likeness (QED) is 0.895. The van der Waals surface area contributed by atoms with Gasteiger partial charge in [0.25, 0.3) is 5.91 Å². The van der Waals surface area contributed by atoms with Crippen molar-refractivity contribution in [2.24, 2.45) is 0 Å². The van der Waals surface area contributed by atoms with Crippen LogP contribution in [0, 0.1) is 5.82 Å². The summed E-state index contributed by atoms with van der Waals surface area (Å²) in [6.07, 6.45) is -0.268. The van der Waals surface area contributed by atoms with Crippen LogP contribution in [0.2, 0.25) is 5.02 Å². The Bertz CT molecular complexity index is 633. The van der Waals surface area contributed by atoms with Gasteiger partial charge in [-0.05, 0) is 36.8 Å². The lowest BCUT2D eigenvalue weighted by Gasteiger charge is -2.17. The number of anilines is 1. The van der Waals surface area contributed by atoms with E-state index in [9.17, 15) is 9.18 Å². The Morgan fingerprint density at radius 1 is 1.29 bits per heavy atom. The standard InChI is InChI=1S/C16H15ClFNO2/c1-2-15(21-12-7-5-6-11(17)10-12)16(20)19-14-9-4-3-8-13(14)18/h3-10,15H,2H2,1H3,(H,19,20)/t15-/m0/s1. The first kappa shape index (κ1) is 15.3. The smallest absolute Gasteiger partial charge is 0.265 e. The second kappa shape index (κ2) is 7.09. The summed E-state index contributed by atoms with van der Waals surface area (Å²) in [4.78, 5) is 12.1. The molecule has 0 aliphatic rings. The molecule has 3 nitrogen and oxygen atoms in total. The van der Waals surface area contributed by atoms with E-state index < -0.39 is 17.8 Å². The molecule has 2 aromatic carbocycles. The third-order valence-electron chi connectivity index (χ3n) is 2.87. The van der Waals surface area contributed by atoms with Gasteiger partial charge in [0, 0.05) is 5.02 Å². The monoisotopic (exact) mass is 307 g/mol. The Morgan fingerprint density at radius 3 is 2.71 bits per heavy atom. The van der Waals surface area contributed by atoms with Crippen LogP contribution in [0.5, 0.6) is 5.75 Å². The van der Waals surface area contributed by atoms with Crippen LogP contribution in [0.15, 0.2) is 48.5 Å². The van der Waals surface area contributed by atoms with E-state index in [2.05, 4.69) is 5.32 Å². The van der Waals surface area contributed by atoms with Crippen molar-refractivity contribution < 1.29 is 13.9 Å². The number of hydrogen-bond donors (Lipinski definition) is 1. The lowest BCUT2D eigenvalue weighted by Crippen LogP contribution is -2.32. The van der Waals surface area contributed by atoms with Crippen LogP contribution in [-0.4, -0.2) is 12.0 Å². The summed E-state index contributed by atoms with van der Waals surface area (Å²) in [6, 6.07) is 12.8. The molecule has 21 heavy (non-hydrogen) atoms. The van der Waals surface area contributed by atoms with Gasteiger partial charge < -0.3 is 10.1 Å². The van der Waals surface area contributed by atoms with E-state index >= 15 is 0 Å². The first-order chi connectivity index (χ1) is 10.1. The lowest BCUT2D eigenvalue weighted by atomic mass is 10.2. The fourth-order valence-corrected chi connectivity index (χ4v) is 1.98. The van der Waals surface area contributed by atoms with Gasteiger partial charge in [0.2, 0.25) is 0 Å². The average molecular weight is 308 g/mol. The van der Waals surface area contributed by atoms with Crippen LogP contribution >= 0.6 is 11.6 Å². The largest absolute Gasteiger partial charge is 0.481 e. The zero-order valence-electron chi connectivity index (χ0n) is 11.5. The highest BCUT2D eigenvalue weighted by atomic mass is 35.5. The second-order valence-electron chi connectivity index (χ2n) is 4.44. The van der Waals surface area contributed by atoms with Crippen molar-refractivity contribution in [1.29, 1.82) is 0 Å². The second-order valence-corrected chi connectivity index (χ2v) is 4.88. The number of nitrogens with one attached hydrogen (secondary N) is 1. The van der Waals surface area contributed by atoms with Crippen molar-refractivity contribution in [2.75, 3.05) is 5.32 Å². The molecule has 0 aromatic heterocycles. The maximum Gasteiger partial charge on any atom is 0.265 e. The van der Waals surface area contributed by atoms with Gasteiger partial charge in [-0.2, -0.15) is 0 Å². The summed E-state index contributed by atoms with van der Waals surface area (Å²) < 4.78 is 19.1. The minimum absolute atomic E-state index is 0.135. The number of benzene rings is 2. The Labute approximate surface area is 127 Å². The molecule has 110 valence electrons. The minimum Gasteiger partial charge on any atom is -0.481 e. The van der Waals surface area contributed by atoms with Gasteiger partial charge in [0.15, 0.2) is 6.10 Å². The van der Waals surface area contributed by atoms with Crippen molar-refractivity contribution >= 4 is 23.2 Å². The van der Waals surface area contributed by atoms with Gasteiger partial charge in [0.05, 0.1) is 5.69 Å². The van der Waals surface area contributed by atoms with Gasteiger partial charge in [-0.1, -0.05) is 36.7 Å². The van der Waals surface area contributed by atoms with E-state index in [0.29, 0.717) is 17.2 Å². The predicted octanol–water partition coefficient (Wildman–Crippen LogP) is 4.28. The Kier molecular flexibility index (Phi) is 5.17. The lowest BCUT2D eigenvalue weighted by molar-refractivity contribution is -0.122. The number of ether oxygens (including phenoxy) is 1. The number of rotatable bonds is 5. The van der Waals surface area contributed by atoms with E-state index in [0.717, 1.165) is 0 Å². The zero-order valence-corrected chi connectivity index (χ0v) is 12.2. The molecule has 1 N–H and O–H groups in total. The Hall–Kier alpha value is -2.07. The SMILES string of the molecule is CC[C@H](Oc1cccc(Cl)c1)C(=O)Nc1ccccc1F. The summed E-state index contributed by atoms with van der Waals surface area (Å²) in [5.74, 6) is -0.385. The highest BCUT2D eigenvalue weighted by Gasteiger charge is 2.19. The van der Waals surface area contributed by atoms with E-state index in [1.165, 1.54) is 12.1 Å². The molecular weight excluding hydrogens is 293 g/mol. The van der Waals surface area contributed by atoms with Crippen LogP contribution in [0.4, 0.5) is 10.1 Å². The number of amides is 1. The normalized spacial score (nSPS) is 11.8. The molecular formula is C16H15ClFNO2. The molecule has 5 heteroatoms. The van der Waals surface area contributed by atoms with E-state index in [4.69, 9.17) is 16.3 Å². The predicted molar refractivity (Wildman–Crippen MR) is 81.2 cm³/mol. The van der Waals surface area contributed by atoms with Crippen LogP contribution < -0.4 is 10.1 Å². The minimum atomic E-state index is -0.719. The molecule has 0 aliphatic heterocycles. The van der Waals surface area contributed by atoms with Gasteiger partial charge in [-0.25, -0.2) is 4.39 Å². The molecule has 0 heterocycles. The van der Waals surface area contributed by atoms with Crippen molar-refractivity contribution in [3.05, 3.63) is 59.4 Å². The summed E-state index contributed by atoms with van der Waals surface area (Å²) in [6.45, 7) is 1.82. The number of para-hydroxylation sites is 1. The molecule has 0 saturated carbocycles. The fourth-order valence-electron chi connectivity index (χ4n) is 1.80. The molecule has 0 radical (unpaired) electrons. The van der Waals surface area contributed by atoms with Crippen LogP contribution in [0.1, 0.15) is 13.3 Å². The molecule has 0 aliphatic carbocycles. The highest BCUT2D eigenvalue weighted by molar-refractivity contribution is 6.30.